The van der Waals surface area contributed by atoms with Crippen LogP contribution in [-0.2, 0) is 11.3 Å². The largest absolute Gasteiger partial charge is 0.372 e. The molecule has 1 fully saturated rings. The van der Waals surface area contributed by atoms with Crippen molar-refractivity contribution in [3.8, 4) is 0 Å². The topological polar surface area (TPSA) is 61.4 Å². The van der Waals surface area contributed by atoms with Gasteiger partial charge in [0, 0.05) is 31.7 Å². The van der Waals surface area contributed by atoms with E-state index in [0.29, 0.717) is 24.2 Å². The number of unbranched alkanes of at least 4 members (excludes halogenated alkanes) is 2. The summed E-state index contributed by atoms with van der Waals surface area (Å²) in [5.41, 5.74) is 3.22. The number of amides is 2. The van der Waals surface area contributed by atoms with Crippen LogP contribution in [0.1, 0.15) is 67.8 Å². The van der Waals surface area contributed by atoms with Crippen molar-refractivity contribution >= 4 is 55.5 Å². The van der Waals surface area contributed by atoms with E-state index < -0.39 is 0 Å². The number of nitrogens with one attached hydrogen (secondary N) is 2. The van der Waals surface area contributed by atoms with E-state index in [1.807, 2.05) is 18.2 Å². The third kappa shape index (κ3) is 5.21. The number of anilines is 2. The van der Waals surface area contributed by atoms with Crippen molar-refractivity contribution in [1.82, 2.24) is 5.32 Å². The Hall–Kier alpha value is -4.12. The average molecular weight is 532 g/mol. The van der Waals surface area contributed by atoms with E-state index in [1.165, 1.54) is 33.4 Å². The Balaban J connectivity index is 1.28. The Morgan fingerprint density at radius 2 is 1.52 bits per heavy atom. The lowest BCUT2D eigenvalue weighted by Gasteiger charge is -2.29. The molecule has 5 aromatic carbocycles. The first-order valence-corrected chi connectivity index (χ1v) is 14.7. The zero-order chi connectivity index (χ0) is 27.5. The lowest BCUT2D eigenvalue weighted by molar-refractivity contribution is -0.116. The van der Waals surface area contributed by atoms with Crippen LogP contribution < -0.4 is 15.5 Å². The Morgan fingerprint density at radius 3 is 2.30 bits per heavy atom. The molecule has 0 aromatic heterocycles. The van der Waals surface area contributed by atoms with Crippen molar-refractivity contribution < 1.29 is 9.59 Å². The molecule has 5 heteroatoms. The molecule has 40 heavy (non-hydrogen) atoms. The van der Waals surface area contributed by atoms with Gasteiger partial charge in [0.2, 0.25) is 5.91 Å². The molecular weight excluding hydrogens is 494 g/mol. The van der Waals surface area contributed by atoms with Gasteiger partial charge in [0.25, 0.3) is 5.91 Å². The Kier molecular flexibility index (Phi) is 7.54. The van der Waals surface area contributed by atoms with Gasteiger partial charge in [-0.1, -0.05) is 74.4 Å². The lowest BCUT2D eigenvalue weighted by Crippen LogP contribution is -2.30. The molecule has 0 unspecified atom stereocenters. The molecule has 0 saturated carbocycles. The van der Waals surface area contributed by atoms with E-state index in [1.54, 1.807) is 0 Å². The molecule has 1 aliphatic heterocycles. The van der Waals surface area contributed by atoms with Crippen LogP contribution in [0.3, 0.4) is 0 Å². The summed E-state index contributed by atoms with van der Waals surface area (Å²) in [6.07, 6.45) is 6.96. The summed E-state index contributed by atoms with van der Waals surface area (Å²) in [5, 5.41) is 13.5. The monoisotopic (exact) mass is 531 g/mol. The number of benzene rings is 5. The minimum absolute atomic E-state index is 0.0417. The number of rotatable bonds is 9. The third-order valence-electron chi connectivity index (χ3n) is 8.31. The second-order valence-corrected chi connectivity index (χ2v) is 11.0. The second-order valence-electron chi connectivity index (χ2n) is 11.0. The van der Waals surface area contributed by atoms with Crippen LogP contribution in [0.4, 0.5) is 11.4 Å². The standard InChI is InChI=1S/C35H37N3O2/c1-2-3-5-11-32(39)37-31-19-17-28(38-20-6-4-7-21-38)22-30(31)35(40)36-23-27-15-14-26-13-12-24-9-8-10-25-16-18-29(27)34(26)33(24)25/h8-10,12-19,22H,2-7,11,20-21,23H2,1H3,(H,36,40)(H,37,39). The first kappa shape index (κ1) is 26.1. The second kappa shape index (κ2) is 11.5. The molecule has 204 valence electrons. The van der Waals surface area contributed by atoms with Gasteiger partial charge >= 0.3 is 0 Å². The number of hydrogen-bond acceptors (Lipinski definition) is 3. The number of carbonyl (C=O) groups excluding carboxylic acids is 2. The van der Waals surface area contributed by atoms with Crippen LogP contribution in [0.2, 0.25) is 0 Å². The Labute approximate surface area is 235 Å². The maximum absolute atomic E-state index is 13.7. The Bertz CT molecular complexity index is 1650. The van der Waals surface area contributed by atoms with Crippen molar-refractivity contribution in [2.24, 2.45) is 0 Å². The summed E-state index contributed by atoms with van der Waals surface area (Å²) in [6.45, 7) is 4.52. The highest BCUT2D eigenvalue weighted by atomic mass is 16.2. The minimum Gasteiger partial charge on any atom is -0.372 e. The van der Waals surface area contributed by atoms with Gasteiger partial charge in [-0.3, -0.25) is 9.59 Å². The smallest absolute Gasteiger partial charge is 0.253 e. The molecule has 5 nitrogen and oxygen atoms in total. The van der Waals surface area contributed by atoms with Crippen LogP contribution in [0.5, 0.6) is 0 Å². The van der Waals surface area contributed by atoms with Crippen molar-refractivity contribution in [3.05, 3.63) is 83.9 Å². The first-order chi connectivity index (χ1) is 19.6. The molecule has 0 spiro atoms. The molecule has 6 rings (SSSR count). The van der Waals surface area contributed by atoms with Crippen molar-refractivity contribution in [2.75, 3.05) is 23.3 Å². The molecule has 0 bridgehead atoms. The van der Waals surface area contributed by atoms with E-state index in [9.17, 15) is 9.59 Å². The van der Waals surface area contributed by atoms with Crippen molar-refractivity contribution in [2.45, 2.75) is 58.4 Å². The van der Waals surface area contributed by atoms with E-state index >= 15 is 0 Å². The van der Waals surface area contributed by atoms with E-state index in [2.05, 4.69) is 77.1 Å². The summed E-state index contributed by atoms with van der Waals surface area (Å²) in [7, 11) is 0. The van der Waals surface area contributed by atoms with Crippen LogP contribution >= 0.6 is 0 Å². The van der Waals surface area contributed by atoms with Crippen molar-refractivity contribution in [3.63, 3.8) is 0 Å². The minimum atomic E-state index is -0.173. The molecule has 0 aliphatic carbocycles. The van der Waals surface area contributed by atoms with E-state index in [-0.39, 0.29) is 11.8 Å². The van der Waals surface area contributed by atoms with Gasteiger partial charge in [0.1, 0.15) is 0 Å². The molecule has 0 atom stereocenters. The van der Waals surface area contributed by atoms with Gasteiger partial charge in [-0.05, 0) is 81.8 Å². The average Bonchev–Trinajstić information content (AvgIpc) is 2.99. The summed E-state index contributed by atoms with van der Waals surface area (Å²) in [4.78, 5) is 28.7. The van der Waals surface area contributed by atoms with Gasteiger partial charge in [0.05, 0.1) is 11.3 Å². The van der Waals surface area contributed by atoms with E-state index in [0.717, 1.165) is 61.8 Å². The molecular formula is C35H37N3O2. The van der Waals surface area contributed by atoms with Crippen molar-refractivity contribution in [1.29, 1.82) is 0 Å². The zero-order valence-electron chi connectivity index (χ0n) is 23.3. The molecule has 2 N–H and O–H groups in total. The highest BCUT2D eigenvalue weighted by Crippen LogP contribution is 2.36. The predicted molar refractivity (Wildman–Crippen MR) is 167 cm³/mol. The molecule has 2 amide bonds. The highest BCUT2D eigenvalue weighted by Gasteiger charge is 2.19. The highest BCUT2D eigenvalue weighted by molar-refractivity contribution is 6.23. The Morgan fingerprint density at radius 1 is 0.800 bits per heavy atom. The normalized spacial score (nSPS) is 13.8. The summed E-state index contributed by atoms with van der Waals surface area (Å²) in [5.74, 6) is -0.214. The maximum atomic E-state index is 13.7. The van der Waals surface area contributed by atoms with E-state index in [4.69, 9.17) is 0 Å². The fourth-order valence-electron chi connectivity index (χ4n) is 6.15. The van der Waals surface area contributed by atoms with Crippen LogP contribution in [0.15, 0.2) is 72.8 Å². The number of carbonyl (C=O) groups is 2. The van der Waals surface area contributed by atoms with Gasteiger partial charge in [-0.2, -0.15) is 0 Å². The number of piperidine rings is 1. The zero-order valence-corrected chi connectivity index (χ0v) is 23.3. The molecule has 1 aliphatic rings. The fourth-order valence-corrected chi connectivity index (χ4v) is 6.15. The van der Waals surface area contributed by atoms with Crippen LogP contribution in [-0.4, -0.2) is 24.9 Å². The lowest BCUT2D eigenvalue weighted by atomic mass is 9.92. The van der Waals surface area contributed by atoms with Crippen LogP contribution in [0, 0.1) is 0 Å². The van der Waals surface area contributed by atoms with Gasteiger partial charge in [-0.15, -0.1) is 0 Å². The number of hydrogen-bond donors (Lipinski definition) is 2. The van der Waals surface area contributed by atoms with Gasteiger partial charge in [0.15, 0.2) is 0 Å². The van der Waals surface area contributed by atoms with Crippen LogP contribution in [0.25, 0.3) is 32.3 Å². The quantitative estimate of drug-likeness (QED) is 0.150. The van der Waals surface area contributed by atoms with Gasteiger partial charge < -0.3 is 15.5 Å². The van der Waals surface area contributed by atoms with Gasteiger partial charge in [-0.25, -0.2) is 0 Å². The number of nitrogens with zero attached hydrogens (tertiary/aromatic N) is 1. The SMILES string of the molecule is CCCCCC(=O)Nc1ccc(N2CCCCC2)cc1C(=O)NCc1ccc2ccc3cccc4ccc1c2c34. The predicted octanol–water partition coefficient (Wildman–Crippen LogP) is 8.02. The third-order valence-corrected chi connectivity index (χ3v) is 8.31. The molecule has 0 radical (unpaired) electrons. The fraction of sp³-hybridized carbons (Fsp3) is 0.314. The summed E-state index contributed by atoms with van der Waals surface area (Å²) < 4.78 is 0. The summed E-state index contributed by atoms with van der Waals surface area (Å²) >= 11 is 0. The first-order valence-electron chi connectivity index (χ1n) is 14.7. The molecule has 5 aromatic rings. The summed E-state index contributed by atoms with van der Waals surface area (Å²) in [6, 6.07) is 25.2. The maximum Gasteiger partial charge on any atom is 0.253 e. The molecule has 1 heterocycles. The molecule has 1 saturated heterocycles.